The summed E-state index contributed by atoms with van der Waals surface area (Å²) < 4.78 is 60.9. The number of halogens is 2. The van der Waals surface area contributed by atoms with Gasteiger partial charge in [0.1, 0.15) is 0 Å². The molecule has 2 aromatic heterocycles. The van der Waals surface area contributed by atoms with Crippen molar-refractivity contribution in [2.75, 3.05) is 71.2 Å². The SMILES string of the molecule is CN(C)CCC(NC1CCN(S(C)(=O)=O)CC1)c1nc(N2CCOCC2)nc(-n2c(C(F)F)nc3ccccc32)n1. The van der Waals surface area contributed by atoms with Crippen LogP contribution in [0.2, 0.25) is 0 Å². The number of sulfonamides is 1. The quantitative estimate of drug-likeness (QED) is 0.374. The summed E-state index contributed by atoms with van der Waals surface area (Å²) in [7, 11) is 0.708. The van der Waals surface area contributed by atoms with Crippen LogP contribution in [-0.4, -0.2) is 114 Å². The number of nitrogens with zero attached hydrogens (tertiary/aromatic N) is 8. The predicted octanol–water partition coefficient (Wildman–Crippen LogP) is 1.99. The third kappa shape index (κ3) is 6.97. The maximum atomic E-state index is 14.3. The molecule has 2 aliphatic rings. The summed E-state index contributed by atoms with van der Waals surface area (Å²) in [6, 6.07) is 6.65. The van der Waals surface area contributed by atoms with E-state index in [-0.39, 0.29) is 18.0 Å². The minimum Gasteiger partial charge on any atom is -0.378 e. The Balaban J connectivity index is 1.55. The summed E-state index contributed by atoms with van der Waals surface area (Å²) in [6.07, 6.45) is 0.325. The van der Waals surface area contributed by atoms with Gasteiger partial charge in [0.15, 0.2) is 11.6 Å². The Kier molecular flexibility index (Phi) is 9.09. The van der Waals surface area contributed by atoms with E-state index >= 15 is 0 Å². The number of alkyl halides is 2. The molecule has 0 aliphatic carbocycles. The minimum atomic E-state index is -3.25. The molecule has 12 nitrogen and oxygen atoms in total. The van der Waals surface area contributed by atoms with Crippen LogP contribution in [-0.2, 0) is 14.8 Å². The van der Waals surface area contributed by atoms with Gasteiger partial charge in [0.2, 0.25) is 21.9 Å². The second kappa shape index (κ2) is 12.6. The Morgan fingerprint density at radius 1 is 1.02 bits per heavy atom. The van der Waals surface area contributed by atoms with Crippen molar-refractivity contribution in [1.29, 1.82) is 0 Å². The van der Waals surface area contributed by atoms with E-state index in [1.807, 2.05) is 19.0 Å². The number of piperidine rings is 1. The topological polar surface area (TPSA) is 122 Å². The van der Waals surface area contributed by atoms with E-state index < -0.39 is 22.3 Å². The smallest absolute Gasteiger partial charge is 0.296 e. The molecule has 1 unspecified atom stereocenters. The number of anilines is 1. The maximum Gasteiger partial charge on any atom is 0.296 e. The molecule has 1 aromatic carbocycles. The number of imidazole rings is 1. The van der Waals surface area contributed by atoms with Crippen LogP contribution in [0, 0.1) is 0 Å². The molecule has 0 amide bonds. The van der Waals surface area contributed by atoms with Gasteiger partial charge in [-0.15, -0.1) is 0 Å². The van der Waals surface area contributed by atoms with E-state index in [1.165, 1.54) is 15.1 Å². The molecule has 5 rings (SSSR count). The van der Waals surface area contributed by atoms with E-state index in [4.69, 9.17) is 14.7 Å². The van der Waals surface area contributed by atoms with Crippen molar-refractivity contribution >= 4 is 27.0 Å². The normalized spacial score (nSPS) is 18.6. The van der Waals surface area contributed by atoms with Crippen LogP contribution < -0.4 is 10.2 Å². The molecule has 4 heterocycles. The van der Waals surface area contributed by atoms with E-state index in [2.05, 4.69) is 20.2 Å². The largest absolute Gasteiger partial charge is 0.378 e. The number of ether oxygens (including phenoxy) is 1. The number of hydrogen-bond donors (Lipinski definition) is 1. The highest BCUT2D eigenvalue weighted by Gasteiger charge is 2.30. The van der Waals surface area contributed by atoms with Crippen LogP contribution >= 0.6 is 0 Å². The summed E-state index contributed by atoms with van der Waals surface area (Å²) in [6.45, 7) is 3.73. The molecule has 0 radical (unpaired) electrons. The summed E-state index contributed by atoms with van der Waals surface area (Å²) in [5.74, 6) is 0.503. The summed E-state index contributed by atoms with van der Waals surface area (Å²) in [5, 5.41) is 3.66. The lowest BCUT2D eigenvalue weighted by molar-refractivity contribution is 0.122. The fourth-order valence-corrected chi connectivity index (χ4v) is 6.12. The number of hydrogen-bond acceptors (Lipinski definition) is 10. The van der Waals surface area contributed by atoms with Gasteiger partial charge in [0.05, 0.1) is 36.5 Å². The van der Waals surface area contributed by atoms with Crippen LogP contribution in [0.4, 0.5) is 14.7 Å². The maximum absolute atomic E-state index is 14.3. The Bertz CT molecular complexity index is 1440. The molecule has 2 fully saturated rings. The lowest BCUT2D eigenvalue weighted by Crippen LogP contribution is -2.46. The fraction of sp³-hybridized carbons (Fsp3) is 0.615. The first-order chi connectivity index (χ1) is 19.6. The third-order valence-corrected chi connectivity index (χ3v) is 8.74. The number of benzene rings is 1. The van der Waals surface area contributed by atoms with Gasteiger partial charge in [0.25, 0.3) is 6.43 Å². The number of para-hydroxylation sites is 2. The van der Waals surface area contributed by atoms with Crippen LogP contribution in [0.5, 0.6) is 0 Å². The molecule has 2 saturated heterocycles. The van der Waals surface area contributed by atoms with Crippen molar-refractivity contribution in [2.24, 2.45) is 0 Å². The van der Waals surface area contributed by atoms with E-state index in [0.29, 0.717) is 81.5 Å². The van der Waals surface area contributed by atoms with Gasteiger partial charge in [0, 0.05) is 32.2 Å². The molecular weight excluding hydrogens is 556 g/mol. The van der Waals surface area contributed by atoms with Gasteiger partial charge < -0.3 is 19.9 Å². The molecule has 2 aliphatic heterocycles. The minimum absolute atomic E-state index is 0.0397. The second-order valence-electron chi connectivity index (χ2n) is 10.7. The Labute approximate surface area is 238 Å². The molecule has 1 atom stereocenters. The number of fused-ring (bicyclic) bond motifs is 1. The fourth-order valence-electron chi connectivity index (χ4n) is 5.24. The van der Waals surface area contributed by atoms with Crippen LogP contribution in [0.1, 0.15) is 43.4 Å². The predicted molar refractivity (Wildman–Crippen MR) is 151 cm³/mol. The zero-order valence-electron chi connectivity index (χ0n) is 23.6. The van der Waals surface area contributed by atoms with Crippen molar-refractivity contribution in [3.63, 3.8) is 0 Å². The van der Waals surface area contributed by atoms with Crippen molar-refractivity contribution < 1.29 is 21.9 Å². The summed E-state index contributed by atoms with van der Waals surface area (Å²) >= 11 is 0. The van der Waals surface area contributed by atoms with Crippen molar-refractivity contribution in [3.05, 3.63) is 35.9 Å². The monoisotopic (exact) mass is 593 g/mol. The van der Waals surface area contributed by atoms with Gasteiger partial charge >= 0.3 is 0 Å². The molecule has 15 heteroatoms. The van der Waals surface area contributed by atoms with Gasteiger partial charge in [-0.25, -0.2) is 26.5 Å². The first-order valence-electron chi connectivity index (χ1n) is 13.8. The Hall–Kier alpha value is -2.85. The van der Waals surface area contributed by atoms with Gasteiger partial charge in [-0.3, -0.25) is 4.57 Å². The molecule has 1 N–H and O–H groups in total. The standard InChI is InChI=1S/C26H37F2N9O3S/c1-34(2)11-10-20(29-18-8-12-36(13-9-18)41(3,38)39)23-31-25(35-14-16-40-17-15-35)33-26(32-23)37-21-7-5-4-6-19(21)30-24(37)22(27)28/h4-7,18,20,22,29H,8-17H2,1-3H3. The highest BCUT2D eigenvalue weighted by atomic mass is 32.2. The van der Waals surface area contributed by atoms with E-state index in [1.54, 1.807) is 24.3 Å². The molecule has 3 aromatic rings. The number of rotatable bonds is 10. The van der Waals surface area contributed by atoms with Crippen molar-refractivity contribution in [2.45, 2.75) is 37.8 Å². The Morgan fingerprint density at radius 3 is 2.37 bits per heavy atom. The molecule has 0 bridgehead atoms. The zero-order valence-corrected chi connectivity index (χ0v) is 24.4. The lowest BCUT2D eigenvalue weighted by atomic mass is 10.0. The van der Waals surface area contributed by atoms with Crippen LogP contribution in [0.3, 0.4) is 0 Å². The third-order valence-electron chi connectivity index (χ3n) is 7.44. The molecule has 0 saturated carbocycles. The van der Waals surface area contributed by atoms with Gasteiger partial charge in [-0.05, 0) is 52.0 Å². The molecule has 0 spiro atoms. The number of nitrogens with one attached hydrogen (secondary N) is 1. The molecule has 224 valence electrons. The number of morpholine rings is 1. The van der Waals surface area contributed by atoms with Crippen molar-refractivity contribution in [1.82, 2.24) is 39.0 Å². The number of aromatic nitrogens is 5. The van der Waals surface area contributed by atoms with Crippen molar-refractivity contribution in [3.8, 4) is 5.95 Å². The first-order valence-corrected chi connectivity index (χ1v) is 15.7. The van der Waals surface area contributed by atoms with E-state index in [9.17, 15) is 17.2 Å². The summed E-state index contributed by atoms with van der Waals surface area (Å²) in [5.41, 5.74) is 0.913. The first kappa shape index (κ1) is 29.6. The zero-order chi connectivity index (χ0) is 29.1. The van der Waals surface area contributed by atoms with Crippen LogP contribution in [0.25, 0.3) is 17.0 Å². The average molecular weight is 594 g/mol. The lowest BCUT2D eigenvalue weighted by Gasteiger charge is -2.33. The average Bonchev–Trinajstić information content (AvgIpc) is 3.35. The van der Waals surface area contributed by atoms with Gasteiger partial charge in [-0.2, -0.15) is 15.0 Å². The summed E-state index contributed by atoms with van der Waals surface area (Å²) in [4.78, 5) is 22.6. The van der Waals surface area contributed by atoms with Crippen LogP contribution in [0.15, 0.2) is 24.3 Å². The molecular formula is C26H37F2N9O3S. The van der Waals surface area contributed by atoms with Gasteiger partial charge in [-0.1, -0.05) is 12.1 Å². The second-order valence-corrected chi connectivity index (χ2v) is 12.7. The highest BCUT2D eigenvalue weighted by Crippen LogP contribution is 2.29. The van der Waals surface area contributed by atoms with E-state index in [0.717, 1.165) is 6.54 Å². The molecule has 41 heavy (non-hydrogen) atoms. The Morgan fingerprint density at radius 2 is 1.71 bits per heavy atom. The highest BCUT2D eigenvalue weighted by molar-refractivity contribution is 7.88.